The van der Waals surface area contributed by atoms with E-state index in [-0.39, 0.29) is 11.8 Å². The number of hydrogen-bond acceptors (Lipinski definition) is 3. The monoisotopic (exact) mass is 392 g/mol. The van der Waals surface area contributed by atoms with Crippen LogP contribution in [0.3, 0.4) is 0 Å². The van der Waals surface area contributed by atoms with E-state index in [1.54, 1.807) is 49.4 Å². The van der Waals surface area contributed by atoms with Gasteiger partial charge < -0.3 is 15.4 Å². The number of nitrogens with one attached hydrogen (secondary N) is 2. The molecule has 7 heteroatoms. The van der Waals surface area contributed by atoms with Crippen molar-refractivity contribution in [3.05, 3.63) is 58.1 Å². The van der Waals surface area contributed by atoms with Crippen LogP contribution in [0.1, 0.15) is 30.1 Å². The fourth-order valence-corrected chi connectivity index (χ4v) is 2.71. The van der Waals surface area contributed by atoms with Crippen molar-refractivity contribution in [1.82, 2.24) is 5.32 Å². The van der Waals surface area contributed by atoms with Crippen molar-refractivity contribution >= 4 is 40.7 Å². The summed E-state index contributed by atoms with van der Waals surface area (Å²) in [7, 11) is 0. The minimum absolute atomic E-state index is 0.0977. The standard InChI is InChI=1S/C19H18Cl2N2O3/c1-11(26-17-9-4-13(20)10-16(17)21)18(24)22-14-5-2-12(3-6-14)19(25)23-15-7-8-15/h2-6,9-11,15H,7-8H2,1H3,(H,22,24)(H,23,25)/t11-/m1/s1. The first-order valence-corrected chi connectivity index (χ1v) is 9.01. The summed E-state index contributed by atoms with van der Waals surface area (Å²) in [5.41, 5.74) is 1.14. The lowest BCUT2D eigenvalue weighted by Crippen LogP contribution is -2.30. The molecule has 2 amide bonds. The third-order valence-electron chi connectivity index (χ3n) is 3.89. The van der Waals surface area contributed by atoms with Crippen molar-refractivity contribution in [2.45, 2.75) is 31.9 Å². The minimum atomic E-state index is -0.758. The second-order valence-electron chi connectivity index (χ2n) is 6.15. The number of anilines is 1. The molecule has 2 aromatic carbocycles. The number of ether oxygens (including phenoxy) is 1. The van der Waals surface area contributed by atoms with E-state index in [1.807, 2.05) is 0 Å². The molecule has 1 saturated carbocycles. The maximum Gasteiger partial charge on any atom is 0.265 e. The molecule has 1 aliphatic rings. The Morgan fingerprint density at radius 2 is 1.81 bits per heavy atom. The maximum absolute atomic E-state index is 12.3. The quantitative estimate of drug-likeness (QED) is 0.770. The highest BCUT2D eigenvalue weighted by Gasteiger charge is 2.23. The van der Waals surface area contributed by atoms with Crippen LogP contribution in [0.2, 0.25) is 10.0 Å². The SMILES string of the molecule is C[C@@H](Oc1ccc(Cl)cc1Cl)C(=O)Nc1ccc(C(=O)NC2CC2)cc1. The fourth-order valence-electron chi connectivity index (χ4n) is 2.26. The lowest BCUT2D eigenvalue weighted by atomic mass is 10.2. The predicted molar refractivity (Wildman–Crippen MR) is 102 cm³/mol. The van der Waals surface area contributed by atoms with Gasteiger partial charge in [-0.25, -0.2) is 0 Å². The van der Waals surface area contributed by atoms with E-state index in [1.165, 1.54) is 0 Å². The maximum atomic E-state index is 12.3. The van der Waals surface area contributed by atoms with Crippen LogP contribution in [0.4, 0.5) is 5.69 Å². The largest absolute Gasteiger partial charge is 0.479 e. The number of carbonyl (C=O) groups is 2. The number of benzene rings is 2. The molecular formula is C19H18Cl2N2O3. The lowest BCUT2D eigenvalue weighted by molar-refractivity contribution is -0.122. The average Bonchev–Trinajstić information content (AvgIpc) is 3.41. The summed E-state index contributed by atoms with van der Waals surface area (Å²) in [5, 5.41) is 6.49. The number of hydrogen-bond donors (Lipinski definition) is 2. The second-order valence-corrected chi connectivity index (χ2v) is 6.99. The summed E-state index contributed by atoms with van der Waals surface area (Å²) < 4.78 is 5.58. The van der Waals surface area contributed by atoms with Crippen molar-refractivity contribution in [3.63, 3.8) is 0 Å². The molecule has 3 rings (SSSR count). The smallest absolute Gasteiger partial charge is 0.265 e. The van der Waals surface area contributed by atoms with Gasteiger partial charge in [0.1, 0.15) is 5.75 Å². The molecule has 136 valence electrons. The second kappa shape index (κ2) is 7.98. The van der Waals surface area contributed by atoms with Crippen molar-refractivity contribution in [2.24, 2.45) is 0 Å². The summed E-state index contributed by atoms with van der Waals surface area (Å²) >= 11 is 11.9. The van der Waals surface area contributed by atoms with Crippen LogP contribution in [-0.2, 0) is 4.79 Å². The minimum Gasteiger partial charge on any atom is -0.479 e. The van der Waals surface area contributed by atoms with Gasteiger partial charge in [-0.15, -0.1) is 0 Å². The Bertz CT molecular complexity index is 820. The van der Waals surface area contributed by atoms with Crippen LogP contribution in [0.15, 0.2) is 42.5 Å². The van der Waals surface area contributed by atoms with Gasteiger partial charge >= 0.3 is 0 Å². The Hall–Kier alpha value is -2.24. The summed E-state index contributed by atoms with van der Waals surface area (Å²) in [4.78, 5) is 24.2. The average molecular weight is 393 g/mol. The van der Waals surface area contributed by atoms with Gasteiger partial charge in [0.25, 0.3) is 11.8 Å². The number of halogens is 2. The molecule has 0 aromatic heterocycles. The van der Waals surface area contributed by atoms with Crippen LogP contribution in [0.25, 0.3) is 0 Å². The Morgan fingerprint density at radius 3 is 2.42 bits per heavy atom. The van der Waals surface area contributed by atoms with E-state index in [0.29, 0.717) is 33.1 Å². The molecule has 1 atom stereocenters. The predicted octanol–water partition coefficient (Wildman–Crippen LogP) is 4.29. The summed E-state index contributed by atoms with van der Waals surface area (Å²) in [6.07, 6.45) is 1.32. The van der Waals surface area contributed by atoms with Gasteiger partial charge in [-0.1, -0.05) is 23.2 Å². The molecule has 0 radical (unpaired) electrons. The van der Waals surface area contributed by atoms with Gasteiger partial charge in [0.15, 0.2) is 6.10 Å². The van der Waals surface area contributed by atoms with Crippen LogP contribution >= 0.6 is 23.2 Å². The van der Waals surface area contributed by atoms with Crippen LogP contribution < -0.4 is 15.4 Å². The fraction of sp³-hybridized carbons (Fsp3) is 0.263. The molecule has 0 aliphatic heterocycles. The number of rotatable bonds is 6. The molecule has 0 spiro atoms. The van der Waals surface area contributed by atoms with Crippen molar-refractivity contribution in [3.8, 4) is 5.75 Å². The highest BCUT2D eigenvalue weighted by molar-refractivity contribution is 6.35. The lowest BCUT2D eigenvalue weighted by Gasteiger charge is -2.16. The number of carbonyl (C=O) groups excluding carboxylic acids is 2. The summed E-state index contributed by atoms with van der Waals surface area (Å²) in [6.45, 7) is 1.62. The van der Waals surface area contributed by atoms with Gasteiger partial charge in [-0.05, 0) is 62.2 Å². The molecule has 2 N–H and O–H groups in total. The Labute approximate surface area is 161 Å². The first-order chi connectivity index (χ1) is 12.4. The van der Waals surface area contributed by atoms with Crippen molar-refractivity contribution < 1.29 is 14.3 Å². The highest BCUT2D eigenvalue weighted by atomic mass is 35.5. The molecular weight excluding hydrogens is 375 g/mol. The Balaban J connectivity index is 1.57. The molecule has 0 heterocycles. The van der Waals surface area contributed by atoms with Gasteiger partial charge in [0.2, 0.25) is 0 Å². The van der Waals surface area contributed by atoms with E-state index < -0.39 is 6.10 Å². The first kappa shape index (κ1) is 18.5. The zero-order valence-electron chi connectivity index (χ0n) is 14.1. The van der Waals surface area contributed by atoms with E-state index in [2.05, 4.69) is 10.6 Å². The van der Waals surface area contributed by atoms with Gasteiger partial charge in [0, 0.05) is 22.3 Å². The molecule has 1 fully saturated rings. The van der Waals surface area contributed by atoms with Gasteiger partial charge in [-0.3, -0.25) is 9.59 Å². The Morgan fingerprint density at radius 1 is 1.12 bits per heavy atom. The van der Waals surface area contributed by atoms with E-state index in [4.69, 9.17) is 27.9 Å². The Kier molecular flexibility index (Phi) is 5.69. The zero-order valence-corrected chi connectivity index (χ0v) is 15.6. The molecule has 0 saturated heterocycles. The van der Waals surface area contributed by atoms with E-state index >= 15 is 0 Å². The third kappa shape index (κ3) is 4.90. The van der Waals surface area contributed by atoms with Crippen molar-refractivity contribution in [1.29, 1.82) is 0 Å². The van der Waals surface area contributed by atoms with Crippen LogP contribution in [0, 0.1) is 0 Å². The summed E-state index contributed by atoms with van der Waals surface area (Å²) in [5.74, 6) is -0.0449. The van der Waals surface area contributed by atoms with Crippen molar-refractivity contribution in [2.75, 3.05) is 5.32 Å². The van der Waals surface area contributed by atoms with Gasteiger partial charge in [0.05, 0.1) is 5.02 Å². The van der Waals surface area contributed by atoms with E-state index in [0.717, 1.165) is 12.8 Å². The zero-order chi connectivity index (χ0) is 18.7. The normalized spacial score (nSPS) is 14.4. The molecule has 0 unspecified atom stereocenters. The van der Waals surface area contributed by atoms with Crippen LogP contribution in [0.5, 0.6) is 5.75 Å². The number of amides is 2. The first-order valence-electron chi connectivity index (χ1n) is 8.26. The van der Waals surface area contributed by atoms with E-state index in [9.17, 15) is 9.59 Å². The molecule has 1 aliphatic carbocycles. The molecule has 2 aromatic rings. The molecule has 26 heavy (non-hydrogen) atoms. The van der Waals surface area contributed by atoms with Gasteiger partial charge in [-0.2, -0.15) is 0 Å². The third-order valence-corrected chi connectivity index (χ3v) is 4.42. The molecule has 0 bridgehead atoms. The molecule has 5 nitrogen and oxygen atoms in total. The summed E-state index contributed by atoms with van der Waals surface area (Å²) in [6, 6.07) is 11.8. The highest BCUT2D eigenvalue weighted by Crippen LogP contribution is 2.28. The van der Waals surface area contributed by atoms with Crippen LogP contribution in [-0.4, -0.2) is 24.0 Å². The topological polar surface area (TPSA) is 67.4 Å².